The third-order valence-corrected chi connectivity index (χ3v) is 3.62. The Kier molecular flexibility index (Phi) is 4.18. The molecule has 0 radical (unpaired) electrons. The van der Waals surface area contributed by atoms with Crippen LogP contribution in [0.4, 0.5) is 5.69 Å². The fourth-order valence-corrected chi connectivity index (χ4v) is 2.42. The Balaban J connectivity index is 2.29. The van der Waals surface area contributed by atoms with Gasteiger partial charge in [-0.3, -0.25) is 10.1 Å². The average molecular weight is 278 g/mol. The van der Waals surface area contributed by atoms with Gasteiger partial charge in [-0.15, -0.1) is 10.2 Å². The Bertz CT molecular complexity index is 597. The molecule has 0 saturated carbocycles. The average Bonchev–Trinajstić information content (AvgIpc) is 2.85. The number of aryl methyl sites for hydroxylation is 1. The van der Waals surface area contributed by atoms with Crippen LogP contribution < -0.4 is 5.32 Å². The van der Waals surface area contributed by atoms with Crippen LogP contribution in [0.5, 0.6) is 0 Å². The molecule has 0 aliphatic carbocycles. The Morgan fingerprint density at radius 3 is 2.89 bits per heavy atom. The van der Waals surface area contributed by atoms with Gasteiger partial charge in [-0.05, 0) is 13.5 Å². The van der Waals surface area contributed by atoms with Crippen LogP contribution in [0.2, 0.25) is 0 Å². The second-order valence-corrected chi connectivity index (χ2v) is 5.10. The van der Waals surface area contributed by atoms with E-state index >= 15 is 0 Å². The molecule has 0 aliphatic rings. The van der Waals surface area contributed by atoms with Gasteiger partial charge in [0, 0.05) is 23.7 Å². The van der Waals surface area contributed by atoms with Crippen molar-refractivity contribution in [2.75, 3.05) is 6.54 Å². The highest BCUT2D eigenvalue weighted by atomic mass is 32.1. The molecule has 0 amide bonds. The number of hydrogen-bond donors (Lipinski definition) is 1. The van der Waals surface area contributed by atoms with Gasteiger partial charge in [0.2, 0.25) is 0 Å². The molecule has 0 bridgehead atoms. The second kappa shape index (κ2) is 5.85. The van der Waals surface area contributed by atoms with Crippen molar-refractivity contribution >= 4 is 17.0 Å². The standard InChI is InChI=1S/C12H14N4O2S/c1-3-13-7-11-14-15-12(19-11)9-5-4-8(2)10(6-9)16(17)18/h4-6,13H,3,7H2,1-2H3. The SMILES string of the molecule is CCNCc1nnc(-c2ccc(C)c([N+](=O)[O-])c2)s1. The minimum absolute atomic E-state index is 0.112. The van der Waals surface area contributed by atoms with Crippen molar-refractivity contribution in [3.8, 4) is 10.6 Å². The second-order valence-electron chi connectivity index (χ2n) is 4.04. The number of nitro benzene ring substituents is 1. The van der Waals surface area contributed by atoms with Gasteiger partial charge in [0.1, 0.15) is 10.0 Å². The number of nitro groups is 1. The summed E-state index contributed by atoms with van der Waals surface area (Å²) in [5.41, 5.74) is 1.49. The van der Waals surface area contributed by atoms with E-state index in [1.54, 1.807) is 19.1 Å². The molecule has 0 aliphatic heterocycles. The Morgan fingerprint density at radius 2 is 2.21 bits per heavy atom. The molecular weight excluding hydrogens is 264 g/mol. The van der Waals surface area contributed by atoms with E-state index in [0.29, 0.717) is 17.1 Å². The zero-order valence-electron chi connectivity index (χ0n) is 10.7. The Labute approximate surface area is 114 Å². The molecule has 100 valence electrons. The fourth-order valence-electron chi connectivity index (χ4n) is 1.61. The van der Waals surface area contributed by atoms with Crippen molar-refractivity contribution in [1.29, 1.82) is 0 Å². The van der Waals surface area contributed by atoms with E-state index in [0.717, 1.165) is 17.1 Å². The maximum atomic E-state index is 10.9. The topological polar surface area (TPSA) is 81.0 Å². The lowest BCUT2D eigenvalue weighted by Crippen LogP contribution is -2.11. The van der Waals surface area contributed by atoms with Crippen molar-refractivity contribution in [3.63, 3.8) is 0 Å². The molecule has 0 saturated heterocycles. The van der Waals surface area contributed by atoms with E-state index < -0.39 is 0 Å². The van der Waals surface area contributed by atoms with Crippen molar-refractivity contribution in [1.82, 2.24) is 15.5 Å². The van der Waals surface area contributed by atoms with E-state index in [4.69, 9.17) is 0 Å². The number of nitrogens with zero attached hydrogens (tertiary/aromatic N) is 3. The van der Waals surface area contributed by atoms with Crippen LogP contribution in [0, 0.1) is 17.0 Å². The molecule has 0 atom stereocenters. The largest absolute Gasteiger partial charge is 0.311 e. The van der Waals surface area contributed by atoms with Crippen LogP contribution in [-0.2, 0) is 6.54 Å². The minimum atomic E-state index is -0.376. The summed E-state index contributed by atoms with van der Waals surface area (Å²) in [4.78, 5) is 10.5. The molecule has 0 spiro atoms. The summed E-state index contributed by atoms with van der Waals surface area (Å²) < 4.78 is 0. The molecule has 0 fully saturated rings. The number of benzene rings is 1. The van der Waals surface area contributed by atoms with Gasteiger partial charge >= 0.3 is 0 Å². The molecular formula is C12H14N4O2S. The minimum Gasteiger partial charge on any atom is -0.311 e. The number of hydrogen-bond acceptors (Lipinski definition) is 6. The van der Waals surface area contributed by atoms with Gasteiger partial charge in [-0.2, -0.15) is 0 Å². The van der Waals surface area contributed by atoms with E-state index in [1.807, 2.05) is 13.0 Å². The Morgan fingerprint density at radius 1 is 1.42 bits per heavy atom. The summed E-state index contributed by atoms with van der Waals surface area (Å²) in [7, 11) is 0. The molecule has 2 rings (SSSR count). The monoisotopic (exact) mass is 278 g/mol. The highest BCUT2D eigenvalue weighted by Crippen LogP contribution is 2.28. The van der Waals surface area contributed by atoms with Crippen molar-refractivity contribution in [2.45, 2.75) is 20.4 Å². The van der Waals surface area contributed by atoms with Gasteiger partial charge in [0.05, 0.1) is 4.92 Å². The van der Waals surface area contributed by atoms with E-state index in [-0.39, 0.29) is 10.6 Å². The van der Waals surface area contributed by atoms with Crippen molar-refractivity contribution < 1.29 is 4.92 Å². The van der Waals surface area contributed by atoms with E-state index in [2.05, 4.69) is 15.5 Å². The van der Waals surface area contributed by atoms with Crippen LogP contribution >= 0.6 is 11.3 Å². The van der Waals surface area contributed by atoms with Crippen molar-refractivity contribution in [3.05, 3.63) is 38.9 Å². The Hall–Kier alpha value is -1.86. The lowest BCUT2D eigenvalue weighted by Gasteiger charge is -1.99. The molecule has 19 heavy (non-hydrogen) atoms. The summed E-state index contributed by atoms with van der Waals surface area (Å²) in [6.07, 6.45) is 0. The third kappa shape index (κ3) is 3.12. The molecule has 1 heterocycles. The predicted octanol–water partition coefficient (Wildman–Crippen LogP) is 2.53. The van der Waals surface area contributed by atoms with Crippen LogP contribution in [0.25, 0.3) is 10.6 Å². The lowest BCUT2D eigenvalue weighted by molar-refractivity contribution is -0.385. The zero-order valence-corrected chi connectivity index (χ0v) is 11.5. The first-order valence-electron chi connectivity index (χ1n) is 5.90. The summed E-state index contributed by atoms with van der Waals surface area (Å²) in [5, 5.41) is 23.8. The predicted molar refractivity (Wildman–Crippen MR) is 74.1 cm³/mol. The maximum Gasteiger partial charge on any atom is 0.273 e. The van der Waals surface area contributed by atoms with Crippen LogP contribution in [0.1, 0.15) is 17.5 Å². The van der Waals surface area contributed by atoms with Crippen LogP contribution in [0.15, 0.2) is 18.2 Å². The van der Waals surface area contributed by atoms with Crippen LogP contribution in [-0.4, -0.2) is 21.7 Å². The van der Waals surface area contributed by atoms with Gasteiger partial charge in [0.15, 0.2) is 0 Å². The maximum absolute atomic E-state index is 10.9. The molecule has 7 heteroatoms. The summed E-state index contributed by atoms with van der Waals surface area (Å²) in [6.45, 7) is 5.27. The van der Waals surface area contributed by atoms with Crippen molar-refractivity contribution in [2.24, 2.45) is 0 Å². The molecule has 1 aromatic carbocycles. The first-order chi connectivity index (χ1) is 9.11. The summed E-state index contributed by atoms with van der Waals surface area (Å²) in [5.74, 6) is 0. The normalized spacial score (nSPS) is 10.6. The quantitative estimate of drug-likeness (QED) is 0.671. The third-order valence-electron chi connectivity index (χ3n) is 2.65. The van der Waals surface area contributed by atoms with Gasteiger partial charge < -0.3 is 5.32 Å². The lowest BCUT2D eigenvalue weighted by atomic mass is 10.1. The highest BCUT2D eigenvalue weighted by molar-refractivity contribution is 7.14. The molecule has 0 unspecified atom stereocenters. The van der Waals surface area contributed by atoms with Gasteiger partial charge in [-0.25, -0.2) is 0 Å². The summed E-state index contributed by atoms with van der Waals surface area (Å²) >= 11 is 1.44. The van der Waals surface area contributed by atoms with E-state index in [9.17, 15) is 10.1 Å². The van der Waals surface area contributed by atoms with Crippen LogP contribution in [0.3, 0.4) is 0 Å². The number of rotatable bonds is 5. The first kappa shape index (κ1) is 13.6. The number of nitrogens with one attached hydrogen (secondary N) is 1. The smallest absolute Gasteiger partial charge is 0.273 e. The van der Waals surface area contributed by atoms with Gasteiger partial charge in [0.25, 0.3) is 5.69 Å². The molecule has 1 N–H and O–H groups in total. The van der Waals surface area contributed by atoms with E-state index in [1.165, 1.54) is 11.3 Å². The highest BCUT2D eigenvalue weighted by Gasteiger charge is 2.14. The summed E-state index contributed by atoms with van der Waals surface area (Å²) in [6, 6.07) is 5.12. The number of aromatic nitrogens is 2. The zero-order chi connectivity index (χ0) is 13.8. The fraction of sp³-hybridized carbons (Fsp3) is 0.333. The van der Waals surface area contributed by atoms with Gasteiger partial charge in [-0.1, -0.05) is 30.4 Å². The first-order valence-corrected chi connectivity index (χ1v) is 6.72. The molecule has 1 aromatic heterocycles. The molecule has 2 aromatic rings. The molecule has 6 nitrogen and oxygen atoms in total.